The lowest BCUT2D eigenvalue weighted by molar-refractivity contribution is 0.0977. The zero-order valence-electron chi connectivity index (χ0n) is 11.2. The summed E-state index contributed by atoms with van der Waals surface area (Å²) in [5.41, 5.74) is 1.65. The molecule has 21 heavy (non-hydrogen) atoms. The molecular weight excluding hydrogens is 333 g/mol. The molecule has 1 aromatic heterocycles. The zero-order chi connectivity index (χ0) is 14.8. The molecule has 0 aliphatic carbocycles. The quantitative estimate of drug-likeness (QED) is 0.621. The van der Waals surface area contributed by atoms with Crippen molar-refractivity contribution in [2.75, 3.05) is 0 Å². The van der Waals surface area contributed by atoms with Crippen LogP contribution in [0.5, 0.6) is 0 Å². The van der Waals surface area contributed by atoms with Crippen LogP contribution in [0.4, 0.5) is 4.39 Å². The number of ketones is 1. The summed E-state index contributed by atoms with van der Waals surface area (Å²) in [5.74, 6) is -0.303. The monoisotopic (exact) mass is 345 g/mol. The Kier molecular flexibility index (Phi) is 3.88. The molecule has 0 bridgehead atoms. The van der Waals surface area contributed by atoms with Gasteiger partial charge in [-0.2, -0.15) is 0 Å². The molecule has 106 valence electrons. The number of Topliss-reactive ketones (excluding diaryl/α,β-unsaturated/α-hetero) is 1. The van der Waals surface area contributed by atoms with Crippen LogP contribution in [0.25, 0.3) is 10.9 Å². The first kappa shape index (κ1) is 14.0. The molecule has 0 saturated heterocycles. The van der Waals surface area contributed by atoms with E-state index in [0.29, 0.717) is 18.5 Å². The van der Waals surface area contributed by atoms with Crippen LogP contribution in [0.3, 0.4) is 0 Å². The van der Waals surface area contributed by atoms with E-state index in [1.54, 1.807) is 0 Å². The number of nitrogens with zero attached hydrogens (tertiary/aromatic N) is 1. The van der Waals surface area contributed by atoms with Gasteiger partial charge in [-0.25, -0.2) is 4.39 Å². The maximum absolute atomic E-state index is 12.8. The maximum Gasteiger partial charge on any atom is 0.164 e. The molecule has 2 aromatic carbocycles. The molecule has 4 heteroatoms. The van der Waals surface area contributed by atoms with E-state index < -0.39 is 0 Å². The number of aromatic nitrogens is 1. The molecule has 0 unspecified atom stereocenters. The fourth-order valence-corrected chi connectivity index (χ4v) is 2.75. The predicted molar refractivity (Wildman–Crippen MR) is 85.0 cm³/mol. The third kappa shape index (κ3) is 3.05. The normalized spacial score (nSPS) is 11.0. The number of carbonyl (C=O) groups is 1. The molecule has 0 saturated carbocycles. The predicted octanol–water partition coefficient (Wildman–Crippen LogP) is 4.82. The van der Waals surface area contributed by atoms with E-state index in [-0.39, 0.29) is 11.6 Å². The lowest BCUT2D eigenvalue weighted by Gasteiger charge is -2.05. The average molecular weight is 346 g/mol. The Bertz CT molecular complexity index is 792. The van der Waals surface area contributed by atoms with Gasteiger partial charge in [0, 0.05) is 40.1 Å². The molecule has 2 nitrogen and oxygen atoms in total. The molecule has 0 atom stereocenters. The third-order valence-corrected chi connectivity index (χ3v) is 3.97. The van der Waals surface area contributed by atoms with Gasteiger partial charge < -0.3 is 4.57 Å². The highest BCUT2D eigenvalue weighted by molar-refractivity contribution is 9.10. The minimum atomic E-state index is -0.325. The van der Waals surface area contributed by atoms with E-state index >= 15 is 0 Å². The van der Waals surface area contributed by atoms with E-state index in [0.717, 1.165) is 15.4 Å². The van der Waals surface area contributed by atoms with E-state index in [4.69, 9.17) is 0 Å². The Morgan fingerprint density at radius 1 is 1.10 bits per heavy atom. The Morgan fingerprint density at radius 2 is 1.86 bits per heavy atom. The van der Waals surface area contributed by atoms with Gasteiger partial charge in [0.05, 0.1) is 0 Å². The minimum absolute atomic E-state index is 0.0222. The van der Waals surface area contributed by atoms with E-state index in [1.807, 2.05) is 30.5 Å². The van der Waals surface area contributed by atoms with Gasteiger partial charge in [-0.3, -0.25) is 4.79 Å². The fraction of sp³-hybridized carbons (Fsp3) is 0.118. The van der Waals surface area contributed by atoms with Crippen molar-refractivity contribution in [2.24, 2.45) is 0 Å². The van der Waals surface area contributed by atoms with Crippen molar-refractivity contribution < 1.29 is 9.18 Å². The van der Waals surface area contributed by atoms with E-state index in [1.165, 1.54) is 24.3 Å². The van der Waals surface area contributed by atoms with Crippen LogP contribution in [0, 0.1) is 5.82 Å². The van der Waals surface area contributed by atoms with Crippen LogP contribution in [0.2, 0.25) is 0 Å². The van der Waals surface area contributed by atoms with Gasteiger partial charge in [-0.1, -0.05) is 15.9 Å². The number of aryl methyl sites for hydroxylation is 1. The minimum Gasteiger partial charge on any atom is -0.347 e. The first-order valence-electron chi connectivity index (χ1n) is 6.67. The molecule has 0 N–H and O–H groups in total. The number of carbonyl (C=O) groups excluding carboxylic acids is 1. The fourth-order valence-electron chi connectivity index (χ4n) is 2.37. The molecule has 0 fully saturated rings. The molecule has 3 aromatic rings. The molecule has 0 amide bonds. The summed E-state index contributed by atoms with van der Waals surface area (Å²) < 4.78 is 15.9. The number of hydrogen-bond donors (Lipinski definition) is 0. The highest BCUT2D eigenvalue weighted by Crippen LogP contribution is 2.21. The van der Waals surface area contributed by atoms with Gasteiger partial charge in [-0.15, -0.1) is 0 Å². The van der Waals surface area contributed by atoms with Crippen LogP contribution in [0.15, 0.2) is 59.2 Å². The second kappa shape index (κ2) is 5.82. The number of fused-ring (bicyclic) bond motifs is 1. The molecule has 0 radical (unpaired) electrons. The first-order chi connectivity index (χ1) is 10.1. The second-order valence-corrected chi connectivity index (χ2v) is 5.81. The molecular formula is C17H13BrFNO. The summed E-state index contributed by atoms with van der Waals surface area (Å²) in [7, 11) is 0. The van der Waals surface area contributed by atoms with Crippen molar-refractivity contribution in [3.63, 3.8) is 0 Å². The SMILES string of the molecule is O=C(CCn1ccc2cc(Br)ccc21)c1ccc(F)cc1. The van der Waals surface area contributed by atoms with E-state index in [9.17, 15) is 9.18 Å². The van der Waals surface area contributed by atoms with Crippen LogP contribution in [-0.2, 0) is 6.54 Å². The second-order valence-electron chi connectivity index (χ2n) is 4.89. The van der Waals surface area contributed by atoms with Gasteiger partial charge in [0.25, 0.3) is 0 Å². The number of benzene rings is 2. The Morgan fingerprint density at radius 3 is 2.62 bits per heavy atom. The summed E-state index contributed by atoms with van der Waals surface area (Å²) >= 11 is 3.45. The molecule has 0 spiro atoms. The van der Waals surface area contributed by atoms with Crippen LogP contribution in [0.1, 0.15) is 16.8 Å². The summed E-state index contributed by atoms with van der Waals surface area (Å²) in [6, 6.07) is 13.8. The lowest BCUT2D eigenvalue weighted by atomic mass is 10.1. The Labute approximate surface area is 130 Å². The number of halogens is 2. The summed E-state index contributed by atoms with van der Waals surface area (Å²) in [4.78, 5) is 12.1. The summed E-state index contributed by atoms with van der Waals surface area (Å²) in [6.45, 7) is 0.612. The van der Waals surface area contributed by atoms with Crippen molar-refractivity contribution >= 4 is 32.6 Å². The van der Waals surface area contributed by atoms with Gasteiger partial charge in [0.15, 0.2) is 5.78 Å². The highest BCUT2D eigenvalue weighted by Gasteiger charge is 2.08. The van der Waals surface area contributed by atoms with Crippen molar-refractivity contribution in [3.8, 4) is 0 Å². The van der Waals surface area contributed by atoms with Gasteiger partial charge in [-0.05, 0) is 48.5 Å². The Hall–Kier alpha value is -1.94. The topological polar surface area (TPSA) is 22.0 Å². The van der Waals surface area contributed by atoms with Gasteiger partial charge in [0.1, 0.15) is 5.82 Å². The smallest absolute Gasteiger partial charge is 0.164 e. The largest absolute Gasteiger partial charge is 0.347 e. The van der Waals surface area contributed by atoms with Crippen molar-refractivity contribution in [3.05, 3.63) is 70.6 Å². The third-order valence-electron chi connectivity index (χ3n) is 3.48. The van der Waals surface area contributed by atoms with Crippen molar-refractivity contribution in [1.29, 1.82) is 0 Å². The zero-order valence-corrected chi connectivity index (χ0v) is 12.8. The molecule has 0 aliphatic heterocycles. The molecule has 0 aliphatic rings. The van der Waals surface area contributed by atoms with Gasteiger partial charge >= 0.3 is 0 Å². The number of hydrogen-bond acceptors (Lipinski definition) is 1. The number of rotatable bonds is 4. The lowest BCUT2D eigenvalue weighted by Crippen LogP contribution is -2.05. The van der Waals surface area contributed by atoms with Crippen LogP contribution in [-0.4, -0.2) is 10.4 Å². The Balaban J connectivity index is 1.74. The van der Waals surface area contributed by atoms with E-state index in [2.05, 4.69) is 20.5 Å². The van der Waals surface area contributed by atoms with Crippen LogP contribution >= 0.6 is 15.9 Å². The van der Waals surface area contributed by atoms with Crippen molar-refractivity contribution in [2.45, 2.75) is 13.0 Å². The summed E-state index contributed by atoms with van der Waals surface area (Å²) in [5, 5.41) is 1.14. The summed E-state index contributed by atoms with van der Waals surface area (Å²) in [6.07, 6.45) is 2.38. The van der Waals surface area contributed by atoms with Crippen molar-refractivity contribution in [1.82, 2.24) is 4.57 Å². The highest BCUT2D eigenvalue weighted by atomic mass is 79.9. The van der Waals surface area contributed by atoms with Gasteiger partial charge in [0.2, 0.25) is 0 Å². The average Bonchev–Trinajstić information content (AvgIpc) is 2.87. The van der Waals surface area contributed by atoms with Crippen LogP contribution < -0.4 is 0 Å². The first-order valence-corrected chi connectivity index (χ1v) is 7.46. The maximum atomic E-state index is 12.8. The molecule has 1 heterocycles. The standard InChI is InChI=1S/C17H13BrFNO/c18-14-3-6-16-13(11-14)7-9-20(16)10-8-17(21)12-1-4-15(19)5-2-12/h1-7,9,11H,8,10H2. The molecule has 3 rings (SSSR count).